The molecule has 1 heterocycles. The second-order valence-corrected chi connectivity index (χ2v) is 6.16. The molecule has 1 atom stereocenters. The molecule has 0 fully saturated rings. The minimum Gasteiger partial charge on any atom is -0.488 e. The van der Waals surface area contributed by atoms with Crippen LogP contribution in [0.15, 0.2) is 30.3 Å². The monoisotopic (exact) mass is 361 g/mol. The third-order valence-corrected chi connectivity index (χ3v) is 4.27. The van der Waals surface area contributed by atoms with Crippen molar-refractivity contribution < 1.29 is 17.9 Å². The van der Waals surface area contributed by atoms with Gasteiger partial charge in [0.05, 0.1) is 5.56 Å². The van der Waals surface area contributed by atoms with Gasteiger partial charge in [-0.15, -0.1) is 0 Å². The van der Waals surface area contributed by atoms with Crippen LogP contribution in [0.1, 0.15) is 11.1 Å². The summed E-state index contributed by atoms with van der Waals surface area (Å²) in [6.45, 7) is 0.221. The summed E-state index contributed by atoms with van der Waals surface area (Å²) < 4.78 is 45.3. The van der Waals surface area contributed by atoms with Crippen molar-refractivity contribution in [2.24, 2.45) is 5.73 Å². The van der Waals surface area contributed by atoms with Gasteiger partial charge in [-0.2, -0.15) is 13.2 Å². The van der Waals surface area contributed by atoms with Crippen LogP contribution in [0, 0.1) is 0 Å². The first kappa shape index (κ1) is 16.4. The van der Waals surface area contributed by atoms with Gasteiger partial charge in [-0.25, -0.2) is 0 Å². The molecule has 0 aromatic heterocycles. The normalized spacial score (nSPS) is 17.0. The smallest absolute Gasteiger partial charge is 0.416 e. The van der Waals surface area contributed by atoms with Crippen LogP contribution in [0.3, 0.4) is 0 Å². The van der Waals surface area contributed by atoms with Crippen LogP contribution in [0.5, 0.6) is 5.75 Å². The first-order valence-electron chi connectivity index (χ1n) is 6.86. The van der Waals surface area contributed by atoms with Gasteiger partial charge in [0.15, 0.2) is 0 Å². The maximum atomic E-state index is 13.2. The maximum absolute atomic E-state index is 13.2. The fraction of sp³-hybridized carbons (Fsp3) is 0.250. The van der Waals surface area contributed by atoms with E-state index in [1.807, 2.05) is 0 Å². The Morgan fingerprint density at radius 3 is 2.52 bits per heavy atom. The van der Waals surface area contributed by atoms with Crippen LogP contribution in [0.25, 0.3) is 11.1 Å². The Labute approximate surface area is 140 Å². The zero-order chi connectivity index (χ0) is 16.8. The van der Waals surface area contributed by atoms with Crippen molar-refractivity contribution in [2.45, 2.75) is 18.7 Å². The van der Waals surface area contributed by atoms with E-state index in [9.17, 15) is 13.2 Å². The molecule has 23 heavy (non-hydrogen) atoms. The Kier molecular flexibility index (Phi) is 4.21. The summed E-state index contributed by atoms with van der Waals surface area (Å²) in [6.07, 6.45) is -4.47. The predicted octanol–water partition coefficient (Wildman–Crippen LogP) is 4.94. The van der Waals surface area contributed by atoms with Crippen molar-refractivity contribution in [1.82, 2.24) is 0 Å². The Morgan fingerprint density at radius 1 is 1.13 bits per heavy atom. The van der Waals surface area contributed by atoms with E-state index in [0.29, 0.717) is 33.3 Å². The van der Waals surface area contributed by atoms with E-state index < -0.39 is 11.7 Å². The van der Waals surface area contributed by atoms with Gasteiger partial charge in [0.1, 0.15) is 11.9 Å². The summed E-state index contributed by atoms with van der Waals surface area (Å²) in [5.74, 6) is 0.387. The number of hydrogen-bond acceptors (Lipinski definition) is 2. The number of nitrogens with two attached hydrogens (primary N) is 1. The van der Waals surface area contributed by atoms with Crippen molar-refractivity contribution in [3.05, 3.63) is 51.5 Å². The highest BCUT2D eigenvalue weighted by atomic mass is 35.5. The van der Waals surface area contributed by atoms with Crippen LogP contribution in [-0.4, -0.2) is 12.6 Å². The van der Waals surface area contributed by atoms with Gasteiger partial charge in [-0.05, 0) is 35.9 Å². The largest absolute Gasteiger partial charge is 0.488 e. The molecule has 2 nitrogen and oxygen atoms in total. The Hall–Kier alpha value is -1.43. The van der Waals surface area contributed by atoms with E-state index in [0.717, 1.165) is 12.1 Å². The number of hydrogen-bond donors (Lipinski definition) is 1. The molecule has 0 aliphatic carbocycles. The molecule has 122 valence electrons. The molecule has 1 aliphatic heterocycles. The number of ether oxygens (including phenoxy) is 1. The van der Waals surface area contributed by atoms with Gasteiger partial charge in [0.25, 0.3) is 0 Å². The molecule has 1 aliphatic rings. The molecule has 0 saturated carbocycles. The lowest BCUT2D eigenvalue weighted by Crippen LogP contribution is -2.24. The van der Waals surface area contributed by atoms with Crippen LogP contribution >= 0.6 is 23.2 Å². The van der Waals surface area contributed by atoms with Crippen molar-refractivity contribution >= 4 is 23.2 Å². The number of rotatable bonds is 2. The third-order valence-electron chi connectivity index (χ3n) is 3.71. The minimum atomic E-state index is -4.46. The molecule has 0 bridgehead atoms. The van der Waals surface area contributed by atoms with Gasteiger partial charge in [0.2, 0.25) is 0 Å². The molecule has 2 aromatic carbocycles. The molecule has 1 unspecified atom stereocenters. The summed E-state index contributed by atoms with van der Waals surface area (Å²) in [5.41, 5.74) is 5.99. The van der Waals surface area contributed by atoms with E-state index in [2.05, 4.69) is 0 Å². The molecule has 2 N–H and O–H groups in total. The highest BCUT2D eigenvalue weighted by Crippen LogP contribution is 2.45. The molecule has 0 amide bonds. The summed E-state index contributed by atoms with van der Waals surface area (Å²) in [7, 11) is 0. The van der Waals surface area contributed by atoms with Crippen LogP contribution in [0.2, 0.25) is 10.0 Å². The quantitative estimate of drug-likeness (QED) is 0.821. The van der Waals surface area contributed by atoms with Gasteiger partial charge in [0, 0.05) is 34.1 Å². The topological polar surface area (TPSA) is 35.2 Å². The second kappa shape index (κ2) is 5.89. The number of fused-ring (bicyclic) bond motifs is 1. The van der Waals surface area contributed by atoms with Crippen molar-refractivity contribution in [3.8, 4) is 16.9 Å². The number of halogens is 5. The molecule has 7 heteroatoms. The predicted molar refractivity (Wildman–Crippen MR) is 84.1 cm³/mol. The Morgan fingerprint density at radius 2 is 1.87 bits per heavy atom. The number of alkyl halides is 3. The molecule has 2 aromatic rings. The minimum absolute atomic E-state index is 0.221. The van der Waals surface area contributed by atoms with Crippen molar-refractivity contribution in [1.29, 1.82) is 0 Å². The van der Waals surface area contributed by atoms with E-state index >= 15 is 0 Å². The van der Waals surface area contributed by atoms with Crippen LogP contribution in [0.4, 0.5) is 13.2 Å². The van der Waals surface area contributed by atoms with E-state index in [1.165, 1.54) is 6.07 Å². The molecule has 0 spiro atoms. The first-order valence-corrected chi connectivity index (χ1v) is 7.61. The fourth-order valence-electron chi connectivity index (χ4n) is 2.63. The number of benzene rings is 2. The Bertz CT molecular complexity index is 762. The SMILES string of the molecule is NCC1Cc2cc(C(F)(F)F)cc(-c3cc(Cl)ccc3Cl)c2O1. The van der Waals surface area contributed by atoms with Gasteiger partial charge < -0.3 is 10.5 Å². The Balaban J connectivity index is 2.23. The lowest BCUT2D eigenvalue weighted by atomic mass is 9.97. The molecular formula is C16H12Cl2F3NO. The summed E-state index contributed by atoms with van der Waals surface area (Å²) in [4.78, 5) is 0. The van der Waals surface area contributed by atoms with E-state index in [4.69, 9.17) is 33.7 Å². The molecule has 3 rings (SSSR count). The summed E-state index contributed by atoms with van der Waals surface area (Å²) in [5, 5.41) is 0.680. The van der Waals surface area contributed by atoms with Gasteiger partial charge in [-0.1, -0.05) is 23.2 Å². The summed E-state index contributed by atoms with van der Waals surface area (Å²) in [6, 6.07) is 6.78. The zero-order valence-corrected chi connectivity index (χ0v) is 13.3. The average molecular weight is 362 g/mol. The maximum Gasteiger partial charge on any atom is 0.416 e. The van der Waals surface area contributed by atoms with Gasteiger partial charge >= 0.3 is 6.18 Å². The molecule has 0 radical (unpaired) electrons. The zero-order valence-electron chi connectivity index (χ0n) is 11.8. The van der Waals surface area contributed by atoms with E-state index in [-0.39, 0.29) is 18.2 Å². The van der Waals surface area contributed by atoms with E-state index in [1.54, 1.807) is 12.1 Å². The van der Waals surface area contributed by atoms with Crippen LogP contribution in [-0.2, 0) is 12.6 Å². The fourth-order valence-corrected chi connectivity index (χ4v) is 3.02. The van der Waals surface area contributed by atoms with Crippen molar-refractivity contribution in [2.75, 3.05) is 6.54 Å². The standard InChI is InChI=1S/C16H12Cl2F3NO/c17-10-1-2-14(18)12(6-10)13-5-9(16(19,20)21)3-8-4-11(7-22)23-15(8)13/h1-3,5-6,11H,4,7,22H2. The van der Waals surface area contributed by atoms with Crippen LogP contribution < -0.4 is 10.5 Å². The van der Waals surface area contributed by atoms with Crippen molar-refractivity contribution in [3.63, 3.8) is 0 Å². The molecular weight excluding hydrogens is 350 g/mol. The molecule has 0 saturated heterocycles. The van der Waals surface area contributed by atoms with Gasteiger partial charge in [-0.3, -0.25) is 0 Å². The lowest BCUT2D eigenvalue weighted by Gasteiger charge is -2.15. The first-order chi connectivity index (χ1) is 10.8. The average Bonchev–Trinajstić information content (AvgIpc) is 2.91. The lowest BCUT2D eigenvalue weighted by molar-refractivity contribution is -0.137. The highest BCUT2D eigenvalue weighted by Gasteiger charge is 2.35. The summed E-state index contributed by atoms with van der Waals surface area (Å²) >= 11 is 12.1. The third kappa shape index (κ3) is 3.13. The second-order valence-electron chi connectivity index (χ2n) is 5.31. The highest BCUT2D eigenvalue weighted by molar-refractivity contribution is 6.35.